The number of terminal acetylenes is 1. The lowest BCUT2D eigenvalue weighted by Gasteiger charge is -2.05. The summed E-state index contributed by atoms with van der Waals surface area (Å²) >= 11 is 0. The Morgan fingerprint density at radius 1 is 1.08 bits per heavy atom. The van der Waals surface area contributed by atoms with E-state index in [-0.39, 0.29) is 6.61 Å². The van der Waals surface area contributed by atoms with E-state index in [1.807, 2.05) is 60.7 Å². The van der Waals surface area contributed by atoms with Gasteiger partial charge in [-0.2, -0.15) is 0 Å². The van der Waals surface area contributed by atoms with Gasteiger partial charge < -0.3 is 9.47 Å². The normalized spacial score (nSPS) is 10.2. The van der Waals surface area contributed by atoms with Gasteiger partial charge in [-0.15, -0.1) is 6.42 Å². The molecule has 1 amide bonds. The highest BCUT2D eigenvalue weighted by Gasteiger charge is 2.00. The molecule has 0 atom stereocenters. The topological polar surface area (TPSA) is 47.6 Å². The number of anilines is 1. The van der Waals surface area contributed by atoms with Gasteiger partial charge in [0.05, 0.1) is 6.61 Å². The molecule has 0 aromatic heterocycles. The van der Waals surface area contributed by atoms with Gasteiger partial charge >= 0.3 is 6.09 Å². The van der Waals surface area contributed by atoms with Crippen LogP contribution in [0.5, 0.6) is 5.75 Å². The molecule has 24 heavy (non-hydrogen) atoms. The summed E-state index contributed by atoms with van der Waals surface area (Å²) < 4.78 is 10.2. The Morgan fingerprint density at radius 2 is 1.67 bits per heavy atom. The van der Waals surface area contributed by atoms with E-state index in [4.69, 9.17) is 15.9 Å². The van der Waals surface area contributed by atoms with Crippen LogP contribution in [0.2, 0.25) is 0 Å². The molecule has 0 saturated heterocycles. The number of hydrogen-bond donors (Lipinski definition) is 1. The molecular weight excluding hydrogens is 302 g/mol. The molecule has 1 N–H and O–H groups in total. The molecule has 0 saturated carbocycles. The van der Waals surface area contributed by atoms with Crippen molar-refractivity contribution < 1.29 is 14.3 Å². The van der Waals surface area contributed by atoms with Crippen molar-refractivity contribution in [3.8, 4) is 18.1 Å². The Morgan fingerprint density at radius 3 is 2.21 bits per heavy atom. The van der Waals surface area contributed by atoms with E-state index in [1.54, 1.807) is 6.92 Å². The Labute approximate surface area is 142 Å². The smallest absolute Gasteiger partial charge is 0.411 e. The largest absolute Gasteiger partial charge is 0.481 e. The minimum Gasteiger partial charge on any atom is -0.481 e. The predicted molar refractivity (Wildman–Crippen MR) is 96.8 cm³/mol. The number of rotatable bonds is 6. The number of nitrogens with one attached hydrogen (secondary N) is 1. The summed E-state index contributed by atoms with van der Waals surface area (Å²) in [7, 11) is 0. The number of benzene rings is 2. The predicted octanol–water partition coefficient (Wildman–Crippen LogP) is 4.44. The minimum atomic E-state index is -0.451. The third kappa shape index (κ3) is 5.54. The van der Waals surface area contributed by atoms with Crippen LogP contribution in [0, 0.1) is 12.3 Å². The van der Waals surface area contributed by atoms with Crippen molar-refractivity contribution in [2.24, 2.45) is 0 Å². The Balaban J connectivity index is 1.94. The van der Waals surface area contributed by atoms with Crippen molar-refractivity contribution >= 4 is 23.9 Å². The zero-order chi connectivity index (χ0) is 17.2. The molecule has 0 aliphatic heterocycles. The van der Waals surface area contributed by atoms with Gasteiger partial charge in [0.25, 0.3) is 0 Å². The van der Waals surface area contributed by atoms with Crippen LogP contribution in [0.3, 0.4) is 0 Å². The molecule has 4 nitrogen and oxygen atoms in total. The molecule has 0 unspecified atom stereocenters. The summed E-state index contributed by atoms with van der Waals surface area (Å²) in [4.78, 5) is 11.3. The number of carbonyl (C=O) groups excluding carboxylic acids is 1. The summed E-state index contributed by atoms with van der Waals surface area (Å²) in [6.07, 6.45) is 8.69. The zero-order valence-electron chi connectivity index (χ0n) is 13.5. The van der Waals surface area contributed by atoms with Gasteiger partial charge in [0.15, 0.2) is 0 Å². The second-order valence-electron chi connectivity index (χ2n) is 4.86. The maximum Gasteiger partial charge on any atom is 0.411 e. The second kappa shape index (κ2) is 9.06. The van der Waals surface area contributed by atoms with Gasteiger partial charge in [-0.3, -0.25) is 5.32 Å². The van der Waals surface area contributed by atoms with Crippen LogP contribution < -0.4 is 10.1 Å². The summed E-state index contributed by atoms with van der Waals surface area (Å²) in [5.41, 5.74) is 2.77. The first kappa shape index (κ1) is 17.2. The van der Waals surface area contributed by atoms with Crippen molar-refractivity contribution in [1.82, 2.24) is 0 Å². The molecular formula is C20H19NO3. The lowest BCUT2D eigenvalue weighted by molar-refractivity contribution is 0.168. The Kier molecular flexibility index (Phi) is 6.48. The number of carbonyl (C=O) groups is 1. The molecule has 122 valence electrons. The molecule has 4 heteroatoms. The van der Waals surface area contributed by atoms with E-state index in [0.717, 1.165) is 16.9 Å². The number of ether oxygens (including phenoxy) is 2. The number of amides is 1. The third-order valence-corrected chi connectivity index (χ3v) is 3.10. The molecule has 0 radical (unpaired) electrons. The van der Waals surface area contributed by atoms with E-state index in [0.29, 0.717) is 12.3 Å². The lowest BCUT2D eigenvalue weighted by atomic mass is 10.1. The van der Waals surface area contributed by atoms with Gasteiger partial charge in [-0.25, -0.2) is 4.79 Å². The average Bonchev–Trinajstić information content (AvgIpc) is 2.60. The van der Waals surface area contributed by atoms with Crippen LogP contribution in [0.1, 0.15) is 18.1 Å². The van der Waals surface area contributed by atoms with Crippen LogP contribution in [-0.4, -0.2) is 19.3 Å². The Hall–Kier alpha value is -3.19. The fourth-order valence-electron chi connectivity index (χ4n) is 1.96. The second-order valence-corrected chi connectivity index (χ2v) is 4.86. The van der Waals surface area contributed by atoms with Crippen LogP contribution >= 0.6 is 0 Å². The fourth-order valence-corrected chi connectivity index (χ4v) is 1.96. The highest BCUT2D eigenvalue weighted by Crippen LogP contribution is 2.16. The van der Waals surface area contributed by atoms with E-state index < -0.39 is 6.09 Å². The van der Waals surface area contributed by atoms with Gasteiger partial charge in [0.2, 0.25) is 0 Å². The molecule has 2 rings (SSSR count). The average molecular weight is 321 g/mol. The van der Waals surface area contributed by atoms with Crippen LogP contribution in [0.15, 0.2) is 48.5 Å². The SMILES string of the molecule is C#CCOc1ccc(/C=C/c2ccc(NC(=O)OCC)cc2)cc1. The molecule has 0 aliphatic rings. The van der Waals surface area contributed by atoms with Crippen LogP contribution in [-0.2, 0) is 4.74 Å². The molecule has 2 aromatic rings. The zero-order valence-corrected chi connectivity index (χ0v) is 13.5. The minimum absolute atomic E-state index is 0.265. The van der Waals surface area contributed by atoms with Crippen molar-refractivity contribution in [1.29, 1.82) is 0 Å². The molecule has 0 spiro atoms. The first-order valence-electron chi connectivity index (χ1n) is 7.59. The fraction of sp³-hybridized carbons (Fsp3) is 0.150. The van der Waals surface area contributed by atoms with E-state index >= 15 is 0 Å². The first-order valence-corrected chi connectivity index (χ1v) is 7.59. The third-order valence-electron chi connectivity index (χ3n) is 3.10. The maximum atomic E-state index is 11.3. The van der Waals surface area contributed by atoms with Gasteiger partial charge in [0, 0.05) is 5.69 Å². The van der Waals surface area contributed by atoms with Gasteiger partial charge in [0.1, 0.15) is 12.4 Å². The summed E-state index contributed by atoms with van der Waals surface area (Å²) in [6, 6.07) is 15.2. The van der Waals surface area contributed by atoms with Crippen LogP contribution in [0.25, 0.3) is 12.2 Å². The van der Waals surface area contributed by atoms with E-state index in [2.05, 4.69) is 11.2 Å². The summed E-state index contributed by atoms with van der Waals surface area (Å²) in [6.45, 7) is 2.38. The van der Waals surface area contributed by atoms with E-state index in [9.17, 15) is 4.79 Å². The molecule has 0 bridgehead atoms. The van der Waals surface area contributed by atoms with Crippen molar-refractivity contribution in [2.45, 2.75) is 6.92 Å². The number of hydrogen-bond acceptors (Lipinski definition) is 3. The standard InChI is InChI=1S/C20H19NO3/c1-3-15-24-19-13-9-17(10-14-19)6-5-16-7-11-18(12-8-16)21-20(22)23-4-2/h1,5-14H,4,15H2,2H3,(H,21,22)/b6-5+. The molecule has 0 fully saturated rings. The van der Waals surface area contributed by atoms with Crippen molar-refractivity contribution in [3.05, 3.63) is 59.7 Å². The molecule has 0 heterocycles. The molecule has 0 aliphatic carbocycles. The summed E-state index contributed by atoms with van der Waals surface area (Å²) in [5.74, 6) is 3.18. The molecule has 2 aromatic carbocycles. The van der Waals surface area contributed by atoms with E-state index in [1.165, 1.54) is 0 Å². The highest BCUT2D eigenvalue weighted by atomic mass is 16.5. The van der Waals surface area contributed by atoms with Gasteiger partial charge in [-0.05, 0) is 42.3 Å². The first-order chi connectivity index (χ1) is 11.7. The quantitative estimate of drug-likeness (QED) is 0.632. The monoisotopic (exact) mass is 321 g/mol. The summed E-state index contributed by atoms with van der Waals surface area (Å²) in [5, 5.41) is 2.65. The van der Waals surface area contributed by atoms with Gasteiger partial charge in [-0.1, -0.05) is 42.3 Å². The van der Waals surface area contributed by atoms with Crippen molar-refractivity contribution in [3.63, 3.8) is 0 Å². The van der Waals surface area contributed by atoms with Crippen LogP contribution in [0.4, 0.5) is 10.5 Å². The maximum absolute atomic E-state index is 11.3. The lowest BCUT2D eigenvalue weighted by Crippen LogP contribution is -2.12. The Bertz CT molecular complexity index is 725. The van der Waals surface area contributed by atoms with Crippen molar-refractivity contribution in [2.75, 3.05) is 18.5 Å². The highest BCUT2D eigenvalue weighted by molar-refractivity contribution is 5.84.